The minimum Gasteiger partial charge on any atom is -0.350 e. The highest BCUT2D eigenvalue weighted by molar-refractivity contribution is 5.93. The summed E-state index contributed by atoms with van der Waals surface area (Å²) in [5.41, 5.74) is 8.26. The molecule has 4 nitrogen and oxygen atoms in total. The Morgan fingerprint density at radius 3 is 2.60 bits per heavy atom. The third kappa shape index (κ3) is 2.95. The van der Waals surface area contributed by atoms with E-state index >= 15 is 0 Å². The van der Waals surface area contributed by atoms with Crippen molar-refractivity contribution in [2.24, 2.45) is 0 Å². The fraction of sp³-hybridized carbons (Fsp3) is 0.231. The zero-order chi connectivity index (χ0) is 20.7. The first kappa shape index (κ1) is 18.4. The summed E-state index contributed by atoms with van der Waals surface area (Å²) >= 11 is 0. The Bertz CT molecular complexity index is 1290. The highest BCUT2D eigenvalue weighted by atomic mass is 15.2. The molecule has 30 heavy (non-hydrogen) atoms. The number of aromatic nitrogens is 2. The van der Waals surface area contributed by atoms with Crippen molar-refractivity contribution in [3.05, 3.63) is 94.3 Å². The number of anilines is 1. The van der Waals surface area contributed by atoms with Gasteiger partial charge in [-0.05, 0) is 54.7 Å². The first-order valence-electron chi connectivity index (χ1n) is 10.4. The molecule has 0 saturated heterocycles. The molecule has 1 aliphatic rings. The largest absolute Gasteiger partial charge is 0.350 e. The summed E-state index contributed by atoms with van der Waals surface area (Å²) in [6.07, 6.45) is 2.96. The molecule has 148 valence electrons. The van der Waals surface area contributed by atoms with Gasteiger partial charge in [0.05, 0.1) is 17.1 Å². The van der Waals surface area contributed by atoms with Crippen molar-refractivity contribution in [2.75, 3.05) is 11.4 Å². The van der Waals surface area contributed by atoms with Gasteiger partial charge in [-0.1, -0.05) is 42.5 Å². The lowest BCUT2D eigenvalue weighted by molar-refractivity contribution is 0.717. The van der Waals surface area contributed by atoms with Crippen LogP contribution in [0.25, 0.3) is 10.9 Å². The maximum absolute atomic E-state index is 9.56. The molecule has 0 N–H and O–H groups in total. The number of rotatable bonds is 3. The minimum atomic E-state index is 0.670. The second-order valence-electron chi connectivity index (χ2n) is 8.04. The van der Waals surface area contributed by atoms with Crippen LogP contribution < -0.4 is 4.90 Å². The third-order valence-corrected chi connectivity index (χ3v) is 6.42. The number of aryl methyl sites for hydroxylation is 1. The molecule has 0 spiro atoms. The quantitative estimate of drug-likeness (QED) is 0.485. The van der Waals surface area contributed by atoms with Gasteiger partial charge in [-0.2, -0.15) is 5.26 Å². The maximum atomic E-state index is 9.56. The Balaban J connectivity index is 1.64. The zero-order valence-corrected chi connectivity index (χ0v) is 17.4. The van der Waals surface area contributed by atoms with Gasteiger partial charge in [-0.25, -0.2) is 4.98 Å². The third-order valence-electron chi connectivity index (χ3n) is 6.42. The molecule has 3 heterocycles. The van der Waals surface area contributed by atoms with E-state index in [1.165, 1.54) is 33.3 Å². The van der Waals surface area contributed by atoms with Crippen molar-refractivity contribution in [3.8, 4) is 6.07 Å². The van der Waals surface area contributed by atoms with Gasteiger partial charge in [0.15, 0.2) is 5.82 Å². The van der Waals surface area contributed by atoms with Crippen molar-refractivity contribution in [1.29, 1.82) is 5.26 Å². The lowest BCUT2D eigenvalue weighted by atomic mass is 10.00. The number of hydrogen-bond donors (Lipinski definition) is 0. The van der Waals surface area contributed by atoms with Crippen LogP contribution in [0.15, 0.2) is 60.8 Å². The average molecular weight is 393 g/mol. The molecule has 0 fully saturated rings. The van der Waals surface area contributed by atoms with Crippen LogP contribution in [0.3, 0.4) is 0 Å². The topological polar surface area (TPSA) is 44.9 Å². The van der Waals surface area contributed by atoms with E-state index in [-0.39, 0.29) is 0 Å². The van der Waals surface area contributed by atoms with Crippen LogP contribution in [0.4, 0.5) is 5.82 Å². The van der Waals surface area contributed by atoms with Crippen LogP contribution in [0.1, 0.15) is 33.5 Å². The Kier molecular flexibility index (Phi) is 4.52. The molecule has 5 rings (SSSR count). The van der Waals surface area contributed by atoms with Gasteiger partial charge in [0.1, 0.15) is 0 Å². The summed E-state index contributed by atoms with van der Waals surface area (Å²) in [4.78, 5) is 7.24. The van der Waals surface area contributed by atoms with Crippen molar-refractivity contribution < 1.29 is 0 Å². The monoisotopic (exact) mass is 392 g/mol. The summed E-state index contributed by atoms with van der Waals surface area (Å²) in [5, 5.41) is 10.8. The Morgan fingerprint density at radius 1 is 1.00 bits per heavy atom. The second-order valence-corrected chi connectivity index (χ2v) is 8.04. The van der Waals surface area contributed by atoms with Gasteiger partial charge in [0.2, 0.25) is 0 Å². The molecule has 4 aromatic rings. The molecular formula is C26H24N4. The van der Waals surface area contributed by atoms with Crippen LogP contribution in [0, 0.1) is 25.2 Å². The Morgan fingerprint density at radius 2 is 1.77 bits per heavy atom. The van der Waals surface area contributed by atoms with E-state index in [0.29, 0.717) is 6.54 Å². The maximum Gasteiger partial charge on any atom is 0.153 e. The first-order valence-corrected chi connectivity index (χ1v) is 10.4. The fourth-order valence-electron chi connectivity index (χ4n) is 4.62. The van der Waals surface area contributed by atoms with E-state index in [9.17, 15) is 5.26 Å². The van der Waals surface area contributed by atoms with Gasteiger partial charge in [-0.15, -0.1) is 0 Å². The number of pyridine rings is 1. The molecule has 0 atom stereocenters. The normalized spacial score (nSPS) is 13.3. The number of hydrogen-bond acceptors (Lipinski definition) is 3. The number of nitrogens with zero attached hydrogens (tertiary/aromatic N) is 4. The van der Waals surface area contributed by atoms with Gasteiger partial charge in [0, 0.05) is 36.9 Å². The minimum absolute atomic E-state index is 0.670. The smallest absolute Gasteiger partial charge is 0.153 e. The van der Waals surface area contributed by atoms with Gasteiger partial charge >= 0.3 is 0 Å². The van der Waals surface area contributed by atoms with E-state index in [1.807, 2.05) is 30.5 Å². The summed E-state index contributed by atoms with van der Waals surface area (Å²) < 4.78 is 2.34. The molecule has 0 bridgehead atoms. The second kappa shape index (κ2) is 7.35. The van der Waals surface area contributed by atoms with E-state index in [4.69, 9.17) is 4.98 Å². The SMILES string of the molecule is Cc1c(C)n(Cc2ccccc2C#N)c2c(N3CCc4ccccc4C3)nccc12. The van der Waals surface area contributed by atoms with Crippen LogP contribution in [0.2, 0.25) is 0 Å². The Hall–Kier alpha value is -3.58. The summed E-state index contributed by atoms with van der Waals surface area (Å²) in [5.74, 6) is 1.03. The Labute approximate surface area is 177 Å². The van der Waals surface area contributed by atoms with E-state index < -0.39 is 0 Å². The number of benzene rings is 2. The molecule has 2 aromatic carbocycles. The number of fused-ring (bicyclic) bond motifs is 2. The fourth-order valence-corrected chi connectivity index (χ4v) is 4.62. The van der Waals surface area contributed by atoms with Crippen molar-refractivity contribution >= 4 is 16.7 Å². The lowest BCUT2D eigenvalue weighted by Gasteiger charge is -2.30. The van der Waals surface area contributed by atoms with Crippen molar-refractivity contribution in [3.63, 3.8) is 0 Å². The van der Waals surface area contributed by atoms with Crippen molar-refractivity contribution in [2.45, 2.75) is 33.4 Å². The van der Waals surface area contributed by atoms with Gasteiger partial charge in [-0.3, -0.25) is 0 Å². The molecular weight excluding hydrogens is 368 g/mol. The molecule has 1 aliphatic heterocycles. The van der Waals surface area contributed by atoms with Crippen LogP contribution in [-0.4, -0.2) is 16.1 Å². The van der Waals surface area contributed by atoms with E-state index in [2.05, 4.69) is 59.7 Å². The highest BCUT2D eigenvalue weighted by Crippen LogP contribution is 2.34. The zero-order valence-electron chi connectivity index (χ0n) is 17.4. The lowest BCUT2D eigenvalue weighted by Crippen LogP contribution is -2.31. The van der Waals surface area contributed by atoms with Crippen LogP contribution in [-0.2, 0) is 19.5 Å². The van der Waals surface area contributed by atoms with Crippen LogP contribution >= 0.6 is 0 Å². The summed E-state index contributed by atoms with van der Waals surface area (Å²) in [6, 6.07) is 21.0. The standard InChI is InChI=1S/C26H24N4/c1-18-19(2)30(17-23-10-6-4-8-21(23)15-27)25-24(18)11-13-28-26(25)29-14-12-20-7-3-5-9-22(20)16-29/h3-11,13H,12,14,16-17H2,1-2H3. The van der Waals surface area contributed by atoms with Gasteiger partial charge in [0.25, 0.3) is 0 Å². The molecule has 0 aliphatic carbocycles. The summed E-state index contributed by atoms with van der Waals surface area (Å²) in [6.45, 7) is 6.85. The first-order chi connectivity index (χ1) is 14.7. The predicted octanol–water partition coefficient (Wildman–Crippen LogP) is 5.14. The van der Waals surface area contributed by atoms with E-state index in [0.717, 1.165) is 36.5 Å². The molecule has 4 heteroatoms. The molecule has 0 unspecified atom stereocenters. The molecule has 0 saturated carbocycles. The van der Waals surface area contributed by atoms with Crippen LogP contribution in [0.5, 0.6) is 0 Å². The molecule has 2 aromatic heterocycles. The molecule has 0 radical (unpaired) electrons. The van der Waals surface area contributed by atoms with E-state index in [1.54, 1.807) is 0 Å². The predicted molar refractivity (Wildman–Crippen MR) is 121 cm³/mol. The average Bonchev–Trinajstić information content (AvgIpc) is 3.04. The van der Waals surface area contributed by atoms with Crippen molar-refractivity contribution in [1.82, 2.24) is 9.55 Å². The van der Waals surface area contributed by atoms with Gasteiger partial charge < -0.3 is 9.47 Å². The summed E-state index contributed by atoms with van der Waals surface area (Å²) in [7, 11) is 0. The number of nitriles is 1. The highest BCUT2D eigenvalue weighted by Gasteiger charge is 2.23. The molecule has 0 amide bonds.